The van der Waals surface area contributed by atoms with E-state index >= 15 is 0 Å². The minimum absolute atomic E-state index is 0.0979. The molecule has 24 heavy (non-hydrogen) atoms. The SMILES string of the molecule is CC(=O)c1cc(F)ccc1O[C@H](C)C(=O)NCc1ccccc1Cl. The molecular formula is C18H17ClFNO3. The van der Waals surface area contributed by atoms with E-state index in [9.17, 15) is 14.0 Å². The summed E-state index contributed by atoms with van der Waals surface area (Å²) in [5.74, 6) is -1.07. The third kappa shape index (κ3) is 4.55. The highest BCUT2D eigenvalue weighted by Crippen LogP contribution is 2.22. The van der Waals surface area contributed by atoms with Gasteiger partial charge in [-0.25, -0.2) is 4.39 Å². The lowest BCUT2D eigenvalue weighted by molar-refractivity contribution is -0.127. The van der Waals surface area contributed by atoms with Crippen molar-refractivity contribution in [1.29, 1.82) is 0 Å². The molecule has 2 rings (SSSR count). The minimum Gasteiger partial charge on any atom is -0.480 e. The molecule has 2 aromatic rings. The first-order valence-corrected chi connectivity index (χ1v) is 7.74. The van der Waals surface area contributed by atoms with E-state index in [1.54, 1.807) is 19.1 Å². The van der Waals surface area contributed by atoms with E-state index in [2.05, 4.69) is 5.32 Å². The van der Waals surface area contributed by atoms with Gasteiger partial charge in [0.05, 0.1) is 5.56 Å². The van der Waals surface area contributed by atoms with Crippen molar-refractivity contribution in [3.8, 4) is 5.75 Å². The molecule has 1 amide bonds. The summed E-state index contributed by atoms with van der Waals surface area (Å²) in [6.45, 7) is 3.12. The quantitative estimate of drug-likeness (QED) is 0.808. The van der Waals surface area contributed by atoms with Crippen LogP contribution < -0.4 is 10.1 Å². The maximum Gasteiger partial charge on any atom is 0.261 e. The van der Waals surface area contributed by atoms with E-state index in [0.717, 1.165) is 11.6 Å². The molecule has 0 radical (unpaired) electrons. The molecule has 0 bridgehead atoms. The molecule has 6 heteroatoms. The second-order valence-electron chi connectivity index (χ2n) is 5.27. The highest BCUT2D eigenvalue weighted by Gasteiger charge is 2.18. The van der Waals surface area contributed by atoms with Gasteiger partial charge in [-0.2, -0.15) is 0 Å². The third-order valence-corrected chi connectivity index (χ3v) is 3.77. The van der Waals surface area contributed by atoms with Gasteiger partial charge in [0.1, 0.15) is 11.6 Å². The minimum atomic E-state index is -0.851. The zero-order valence-corrected chi connectivity index (χ0v) is 14.1. The van der Waals surface area contributed by atoms with Crippen LogP contribution in [0.25, 0.3) is 0 Å². The second kappa shape index (κ2) is 7.93. The third-order valence-electron chi connectivity index (χ3n) is 3.40. The predicted molar refractivity (Wildman–Crippen MR) is 89.8 cm³/mol. The van der Waals surface area contributed by atoms with E-state index < -0.39 is 11.9 Å². The number of amides is 1. The number of Topliss-reactive ketones (excluding diaryl/α,β-unsaturated/α-hetero) is 1. The van der Waals surface area contributed by atoms with Crippen LogP contribution in [0.15, 0.2) is 42.5 Å². The average Bonchev–Trinajstić information content (AvgIpc) is 2.55. The van der Waals surface area contributed by atoms with Crippen molar-refractivity contribution in [2.45, 2.75) is 26.5 Å². The smallest absolute Gasteiger partial charge is 0.261 e. The zero-order valence-electron chi connectivity index (χ0n) is 13.3. The summed E-state index contributed by atoms with van der Waals surface area (Å²) in [5.41, 5.74) is 0.881. The lowest BCUT2D eigenvalue weighted by Crippen LogP contribution is -2.36. The summed E-state index contributed by atoms with van der Waals surface area (Å²) in [4.78, 5) is 23.7. The normalized spacial score (nSPS) is 11.7. The number of nitrogens with one attached hydrogen (secondary N) is 1. The summed E-state index contributed by atoms with van der Waals surface area (Å²) >= 11 is 6.03. The van der Waals surface area contributed by atoms with Gasteiger partial charge in [-0.15, -0.1) is 0 Å². The topological polar surface area (TPSA) is 55.4 Å². The summed E-state index contributed by atoms with van der Waals surface area (Å²) in [6, 6.07) is 10.8. The monoisotopic (exact) mass is 349 g/mol. The van der Waals surface area contributed by atoms with Crippen LogP contribution in [0.4, 0.5) is 4.39 Å². The fourth-order valence-electron chi connectivity index (χ4n) is 2.09. The van der Waals surface area contributed by atoms with Crippen molar-refractivity contribution in [3.05, 3.63) is 64.4 Å². The molecule has 0 aliphatic heterocycles. The van der Waals surface area contributed by atoms with Crippen molar-refractivity contribution in [1.82, 2.24) is 5.32 Å². The van der Waals surface area contributed by atoms with Gasteiger partial charge >= 0.3 is 0 Å². The molecular weight excluding hydrogens is 333 g/mol. The van der Waals surface area contributed by atoms with Gasteiger partial charge in [0, 0.05) is 11.6 Å². The molecule has 0 heterocycles. The molecule has 126 valence electrons. The van der Waals surface area contributed by atoms with Crippen molar-refractivity contribution >= 4 is 23.3 Å². The van der Waals surface area contributed by atoms with E-state index in [4.69, 9.17) is 16.3 Å². The van der Waals surface area contributed by atoms with Crippen LogP contribution in [0.3, 0.4) is 0 Å². The number of hydrogen-bond donors (Lipinski definition) is 1. The lowest BCUT2D eigenvalue weighted by atomic mass is 10.1. The van der Waals surface area contributed by atoms with Crippen LogP contribution in [-0.4, -0.2) is 17.8 Å². The molecule has 1 atom stereocenters. The number of ketones is 1. The number of rotatable bonds is 6. The highest BCUT2D eigenvalue weighted by atomic mass is 35.5. The van der Waals surface area contributed by atoms with Gasteiger partial charge in [0.25, 0.3) is 5.91 Å². The Balaban J connectivity index is 2.02. The van der Waals surface area contributed by atoms with Crippen LogP contribution >= 0.6 is 11.6 Å². The summed E-state index contributed by atoms with van der Waals surface area (Å²) in [5, 5.41) is 3.27. The highest BCUT2D eigenvalue weighted by molar-refractivity contribution is 6.31. The zero-order chi connectivity index (χ0) is 17.7. The first kappa shape index (κ1) is 17.9. The Kier molecular flexibility index (Phi) is 5.93. The van der Waals surface area contributed by atoms with Gasteiger partial charge in [-0.1, -0.05) is 29.8 Å². The molecule has 0 saturated carbocycles. The van der Waals surface area contributed by atoms with E-state index in [1.807, 2.05) is 12.1 Å². The molecule has 0 spiro atoms. The van der Waals surface area contributed by atoms with E-state index in [1.165, 1.54) is 19.1 Å². The van der Waals surface area contributed by atoms with Crippen LogP contribution in [0.1, 0.15) is 29.8 Å². The summed E-state index contributed by atoms with van der Waals surface area (Å²) in [7, 11) is 0. The first-order valence-electron chi connectivity index (χ1n) is 7.36. The molecule has 4 nitrogen and oxygen atoms in total. The number of hydrogen-bond acceptors (Lipinski definition) is 3. The standard InChI is InChI=1S/C18H17ClFNO3/c1-11(22)15-9-14(20)7-8-17(15)24-12(2)18(23)21-10-13-5-3-4-6-16(13)19/h3-9,12H,10H2,1-2H3,(H,21,23)/t12-/m1/s1. The predicted octanol–water partition coefficient (Wildman–Crippen LogP) is 3.77. The Morgan fingerprint density at radius 3 is 2.62 bits per heavy atom. The summed E-state index contributed by atoms with van der Waals surface area (Å²) in [6.07, 6.45) is -0.851. The molecule has 0 aliphatic carbocycles. The Bertz CT molecular complexity index is 764. The van der Waals surface area contributed by atoms with Crippen LogP contribution in [0, 0.1) is 5.82 Å². The Morgan fingerprint density at radius 2 is 1.96 bits per heavy atom. The van der Waals surface area contributed by atoms with E-state index in [0.29, 0.717) is 5.02 Å². The fraction of sp³-hybridized carbons (Fsp3) is 0.222. The molecule has 0 unspecified atom stereocenters. The Morgan fingerprint density at radius 1 is 1.25 bits per heavy atom. The van der Waals surface area contributed by atoms with Crippen LogP contribution in [0.5, 0.6) is 5.75 Å². The van der Waals surface area contributed by atoms with Gasteiger partial charge in [-0.3, -0.25) is 9.59 Å². The maximum absolute atomic E-state index is 13.3. The second-order valence-corrected chi connectivity index (χ2v) is 5.67. The number of halogens is 2. The van der Waals surface area contributed by atoms with Crippen molar-refractivity contribution in [2.24, 2.45) is 0 Å². The molecule has 0 fully saturated rings. The number of carbonyl (C=O) groups excluding carboxylic acids is 2. The van der Waals surface area contributed by atoms with E-state index in [-0.39, 0.29) is 29.5 Å². The van der Waals surface area contributed by atoms with Gasteiger partial charge in [0.2, 0.25) is 0 Å². The van der Waals surface area contributed by atoms with Crippen molar-refractivity contribution in [3.63, 3.8) is 0 Å². The largest absolute Gasteiger partial charge is 0.480 e. The average molecular weight is 350 g/mol. The lowest BCUT2D eigenvalue weighted by Gasteiger charge is -2.17. The van der Waals surface area contributed by atoms with Crippen LogP contribution in [0.2, 0.25) is 5.02 Å². The Hall–Kier alpha value is -2.40. The van der Waals surface area contributed by atoms with Gasteiger partial charge < -0.3 is 10.1 Å². The Labute approximate surface area is 144 Å². The van der Waals surface area contributed by atoms with Crippen molar-refractivity contribution < 1.29 is 18.7 Å². The molecule has 0 saturated heterocycles. The molecule has 0 aliphatic rings. The van der Waals surface area contributed by atoms with Gasteiger partial charge in [-0.05, 0) is 43.7 Å². The fourth-order valence-corrected chi connectivity index (χ4v) is 2.29. The molecule has 1 N–H and O–H groups in total. The number of ether oxygens (including phenoxy) is 1. The molecule has 0 aromatic heterocycles. The van der Waals surface area contributed by atoms with Crippen LogP contribution in [-0.2, 0) is 11.3 Å². The first-order chi connectivity index (χ1) is 11.4. The van der Waals surface area contributed by atoms with Gasteiger partial charge in [0.15, 0.2) is 11.9 Å². The molecule has 2 aromatic carbocycles. The maximum atomic E-state index is 13.3. The number of benzene rings is 2. The summed E-state index contributed by atoms with van der Waals surface area (Å²) < 4.78 is 18.8. The van der Waals surface area contributed by atoms with Crippen molar-refractivity contribution in [2.75, 3.05) is 0 Å². The number of carbonyl (C=O) groups is 2.